The Morgan fingerprint density at radius 3 is 2.50 bits per heavy atom. The van der Waals surface area contributed by atoms with Crippen molar-refractivity contribution in [1.82, 2.24) is 24.4 Å². The van der Waals surface area contributed by atoms with Crippen LogP contribution in [0.5, 0.6) is 0 Å². The largest absolute Gasteiger partial charge is 0.367 e. The highest BCUT2D eigenvalue weighted by Crippen LogP contribution is 2.38. The molecule has 0 unspecified atom stereocenters. The van der Waals surface area contributed by atoms with Crippen molar-refractivity contribution >= 4 is 11.5 Å². The first-order valence-electron chi connectivity index (χ1n) is 10.3. The monoisotopic (exact) mass is 378 g/mol. The quantitative estimate of drug-likeness (QED) is 0.753. The summed E-state index contributed by atoms with van der Waals surface area (Å²) in [7, 11) is 0. The Kier molecular flexibility index (Phi) is 4.18. The van der Waals surface area contributed by atoms with Crippen LogP contribution in [0.25, 0.3) is 5.65 Å². The van der Waals surface area contributed by atoms with Crippen LogP contribution in [0.2, 0.25) is 0 Å². The van der Waals surface area contributed by atoms with Gasteiger partial charge in [0.15, 0.2) is 5.65 Å². The van der Waals surface area contributed by atoms with Crippen molar-refractivity contribution in [3.05, 3.63) is 51.7 Å². The molecular formula is C21H26N6O. The van der Waals surface area contributed by atoms with Gasteiger partial charge in [-0.15, -0.1) is 0 Å². The van der Waals surface area contributed by atoms with Crippen molar-refractivity contribution in [3.63, 3.8) is 0 Å². The SMILES string of the molecule is Cc1cc(NC2CCC(n3nc(C4CC4)ccc3=O)CC2)n2nc(C)cc2n1. The minimum absolute atomic E-state index is 0.0271. The van der Waals surface area contributed by atoms with Gasteiger partial charge in [0.2, 0.25) is 0 Å². The molecule has 0 bridgehead atoms. The van der Waals surface area contributed by atoms with E-state index >= 15 is 0 Å². The summed E-state index contributed by atoms with van der Waals surface area (Å²) in [4.78, 5) is 16.9. The molecule has 146 valence electrons. The van der Waals surface area contributed by atoms with Crippen molar-refractivity contribution in [2.75, 3.05) is 5.32 Å². The lowest BCUT2D eigenvalue weighted by molar-refractivity contribution is 0.301. The normalized spacial score (nSPS) is 22.5. The lowest BCUT2D eigenvalue weighted by Crippen LogP contribution is -2.33. The molecule has 0 spiro atoms. The fourth-order valence-electron chi connectivity index (χ4n) is 4.29. The molecule has 2 aliphatic carbocycles. The van der Waals surface area contributed by atoms with Gasteiger partial charge in [-0.2, -0.15) is 14.7 Å². The van der Waals surface area contributed by atoms with E-state index < -0.39 is 0 Å². The average Bonchev–Trinajstić information content (AvgIpc) is 3.45. The first-order chi connectivity index (χ1) is 13.6. The smallest absolute Gasteiger partial charge is 0.267 e. The first-order valence-corrected chi connectivity index (χ1v) is 10.3. The fourth-order valence-corrected chi connectivity index (χ4v) is 4.29. The Labute approximate surface area is 163 Å². The van der Waals surface area contributed by atoms with Gasteiger partial charge in [-0.25, -0.2) is 9.67 Å². The van der Waals surface area contributed by atoms with E-state index in [-0.39, 0.29) is 11.6 Å². The van der Waals surface area contributed by atoms with Crippen LogP contribution in [0.3, 0.4) is 0 Å². The summed E-state index contributed by atoms with van der Waals surface area (Å²) >= 11 is 0. The maximum Gasteiger partial charge on any atom is 0.267 e. The second-order valence-corrected chi connectivity index (χ2v) is 8.30. The van der Waals surface area contributed by atoms with Crippen LogP contribution in [-0.2, 0) is 0 Å². The number of aryl methyl sites for hydroxylation is 2. The summed E-state index contributed by atoms with van der Waals surface area (Å²) in [5.74, 6) is 1.56. The molecule has 2 saturated carbocycles. The van der Waals surface area contributed by atoms with E-state index in [9.17, 15) is 4.79 Å². The van der Waals surface area contributed by atoms with E-state index in [1.54, 1.807) is 10.7 Å². The van der Waals surface area contributed by atoms with E-state index in [1.807, 2.05) is 30.5 Å². The highest BCUT2D eigenvalue weighted by Gasteiger charge is 2.28. The Hall–Kier alpha value is -2.70. The Morgan fingerprint density at radius 2 is 1.75 bits per heavy atom. The first kappa shape index (κ1) is 17.4. The zero-order valence-corrected chi connectivity index (χ0v) is 16.4. The van der Waals surface area contributed by atoms with Crippen LogP contribution in [0.15, 0.2) is 29.1 Å². The van der Waals surface area contributed by atoms with Crippen LogP contribution in [-0.4, -0.2) is 30.4 Å². The highest BCUT2D eigenvalue weighted by atomic mass is 16.1. The van der Waals surface area contributed by atoms with Crippen molar-refractivity contribution in [1.29, 1.82) is 0 Å². The van der Waals surface area contributed by atoms with Gasteiger partial charge in [-0.1, -0.05) is 0 Å². The topological polar surface area (TPSA) is 77.1 Å². The fraction of sp³-hybridized carbons (Fsp3) is 0.524. The minimum Gasteiger partial charge on any atom is -0.367 e. The van der Waals surface area contributed by atoms with Crippen LogP contribution >= 0.6 is 0 Å². The highest BCUT2D eigenvalue weighted by molar-refractivity contribution is 5.50. The molecule has 0 saturated heterocycles. The molecule has 0 atom stereocenters. The van der Waals surface area contributed by atoms with Crippen LogP contribution in [0, 0.1) is 13.8 Å². The van der Waals surface area contributed by atoms with Crippen molar-refractivity contribution in [2.24, 2.45) is 0 Å². The van der Waals surface area contributed by atoms with E-state index in [1.165, 1.54) is 12.8 Å². The third-order valence-electron chi connectivity index (χ3n) is 5.91. The summed E-state index contributed by atoms with van der Waals surface area (Å²) in [6.45, 7) is 3.99. The van der Waals surface area contributed by atoms with Gasteiger partial charge in [0.05, 0.1) is 17.4 Å². The molecule has 7 heteroatoms. The van der Waals surface area contributed by atoms with Crippen LogP contribution < -0.4 is 10.9 Å². The molecule has 2 aliphatic rings. The Bertz CT molecular complexity index is 1070. The number of aromatic nitrogens is 5. The number of nitrogens with one attached hydrogen (secondary N) is 1. The molecule has 5 rings (SSSR count). The van der Waals surface area contributed by atoms with Crippen LogP contribution in [0.1, 0.15) is 67.6 Å². The summed E-state index contributed by atoms with van der Waals surface area (Å²) in [5, 5.41) is 12.9. The predicted octanol–water partition coefficient (Wildman–Crippen LogP) is 3.38. The molecule has 0 radical (unpaired) electrons. The lowest BCUT2D eigenvalue weighted by Gasteiger charge is -2.30. The third kappa shape index (κ3) is 3.30. The lowest BCUT2D eigenvalue weighted by atomic mass is 9.91. The summed E-state index contributed by atoms with van der Waals surface area (Å²) < 4.78 is 3.63. The second-order valence-electron chi connectivity index (χ2n) is 8.30. The van der Waals surface area contributed by atoms with Gasteiger partial charge in [0.1, 0.15) is 5.82 Å². The number of nitrogens with zero attached hydrogens (tertiary/aromatic N) is 5. The number of anilines is 1. The zero-order chi connectivity index (χ0) is 19.3. The van der Waals surface area contributed by atoms with Gasteiger partial charge in [-0.3, -0.25) is 4.79 Å². The van der Waals surface area contributed by atoms with Gasteiger partial charge in [0, 0.05) is 35.9 Å². The molecule has 3 aromatic rings. The standard InChI is InChI=1S/C21H26N6O/c1-13-11-20(27-19(22-13)12-14(2)24-27)23-16-5-7-17(8-6-16)26-21(28)10-9-18(25-26)15-3-4-15/h9-12,15-17,23H,3-8H2,1-2H3. The molecular weight excluding hydrogens is 352 g/mol. The molecule has 7 nitrogen and oxygen atoms in total. The molecule has 1 N–H and O–H groups in total. The van der Waals surface area contributed by atoms with E-state index in [2.05, 4.69) is 26.6 Å². The molecule has 0 amide bonds. The van der Waals surface area contributed by atoms with Gasteiger partial charge in [0.25, 0.3) is 5.56 Å². The van der Waals surface area contributed by atoms with E-state index in [0.29, 0.717) is 12.0 Å². The van der Waals surface area contributed by atoms with Crippen molar-refractivity contribution in [2.45, 2.75) is 70.4 Å². The zero-order valence-electron chi connectivity index (χ0n) is 16.4. The van der Waals surface area contributed by atoms with Crippen molar-refractivity contribution in [3.8, 4) is 0 Å². The maximum absolute atomic E-state index is 12.3. The Morgan fingerprint density at radius 1 is 0.964 bits per heavy atom. The predicted molar refractivity (Wildman–Crippen MR) is 108 cm³/mol. The average molecular weight is 378 g/mol. The summed E-state index contributed by atoms with van der Waals surface area (Å²) in [6, 6.07) is 8.23. The van der Waals surface area contributed by atoms with Gasteiger partial charge in [-0.05, 0) is 58.4 Å². The molecule has 3 heterocycles. The molecule has 0 aliphatic heterocycles. The number of hydrogen-bond donors (Lipinski definition) is 1. The third-order valence-corrected chi connectivity index (χ3v) is 5.91. The Balaban J connectivity index is 1.30. The van der Waals surface area contributed by atoms with E-state index in [4.69, 9.17) is 0 Å². The van der Waals surface area contributed by atoms with Gasteiger partial charge >= 0.3 is 0 Å². The minimum atomic E-state index is 0.0271. The number of fused-ring (bicyclic) bond motifs is 1. The second kappa shape index (κ2) is 6.72. The van der Waals surface area contributed by atoms with Gasteiger partial charge < -0.3 is 5.32 Å². The molecule has 3 aromatic heterocycles. The number of hydrogen-bond acceptors (Lipinski definition) is 5. The summed E-state index contributed by atoms with van der Waals surface area (Å²) in [6.07, 6.45) is 6.35. The number of rotatable bonds is 4. The van der Waals surface area contributed by atoms with Crippen LogP contribution in [0.4, 0.5) is 5.82 Å². The van der Waals surface area contributed by atoms with E-state index in [0.717, 1.165) is 54.2 Å². The van der Waals surface area contributed by atoms with Crippen molar-refractivity contribution < 1.29 is 0 Å². The summed E-state index contributed by atoms with van der Waals surface area (Å²) in [5.41, 5.74) is 3.94. The molecule has 0 aromatic carbocycles. The molecule has 28 heavy (non-hydrogen) atoms. The maximum atomic E-state index is 12.3. The molecule has 2 fully saturated rings.